The van der Waals surface area contributed by atoms with Crippen molar-refractivity contribution in [1.82, 2.24) is 5.32 Å². The fourth-order valence-electron chi connectivity index (χ4n) is 1.40. The molecular weight excluding hydrogens is 176 g/mol. The van der Waals surface area contributed by atoms with Crippen LogP contribution in [-0.2, 0) is 0 Å². The summed E-state index contributed by atoms with van der Waals surface area (Å²) in [4.78, 5) is 0. The zero-order valence-corrected chi connectivity index (χ0v) is 8.48. The Hall–Kier alpha value is -0.220. The van der Waals surface area contributed by atoms with Gasteiger partial charge in [-0.15, -0.1) is 0 Å². The van der Waals surface area contributed by atoms with Gasteiger partial charge in [-0.3, -0.25) is 0 Å². The SMILES string of the molecule is CC(C)CC(C)(O)CNCC(F)F. The molecule has 0 radical (unpaired) electrons. The first-order chi connectivity index (χ1) is 5.83. The molecule has 1 unspecified atom stereocenters. The van der Waals surface area contributed by atoms with E-state index in [1.54, 1.807) is 6.92 Å². The summed E-state index contributed by atoms with van der Waals surface area (Å²) in [6.45, 7) is 5.50. The molecule has 0 aliphatic heterocycles. The summed E-state index contributed by atoms with van der Waals surface area (Å²) in [5.74, 6) is 0.364. The molecular formula is C9H19F2NO. The van der Waals surface area contributed by atoms with Crippen molar-refractivity contribution < 1.29 is 13.9 Å². The van der Waals surface area contributed by atoms with E-state index in [0.717, 1.165) is 0 Å². The minimum atomic E-state index is -2.35. The monoisotopic (exact) mass is 195 g/mol. The van der Waals surface area contributed by atoms with Crippen LogP contribution in [0.15, 0.2) is 0 Å². The molecule has 4 heteroatoms. The molecule has 0 aliphatic rings. The van der Waals surface area contributed by atoms with Gasteiger partial charge in [-0.25, -0.2) is 8.78 Å². The highest BCUT2D eigenvalue weighted by molar-refractivity contribution is 4.76. The third-order valence-corrected chi connectivity index (χ3v) is 1.65. The molecule has 0 fully saturated rings. The van der Waals surface area contributed by atoms with E-state index in [1.807, 2.05) is 13.8 Å². The van der Waals surface area contributed by atoms with Crippen LogP contribution in [0.4, 0.5) is 8.78 Å². The second-order valence-corrected chi connectivity index (χ2v) is 4.12. The van der Waals surface area contributed by atoms with Crippen molar-refractivity contribution in [1.29, 1.82) is 0 Å². The number of halogens is 2. The van der Waals surface area contributed by atoms with E-state index in [2.05, 4.69) is 5.32 Å². The Bertz CT molecular complexity index is 138. The molecule has 2 nitrogen and oxygen atoms in total. The fourth-order valence-corrected chi connectivity index (χ4v) is 1.40. The van der Waals surface area contributed by atoms with Gasteiger partial charge in [0.15, 0.2) is 0 Å². The number of hydrogen-bond acceptors (Lipinski definition) is 2. The van der Waals surface area contributed by atoms with Gasteiger partial charge in [0.2, 0.25) is 0 Å². The van der Waals surface area contributed by atoms with Crippen molar-refractivity contribution in [2.24, 2.45) is 5.92 Å². The lowest BCUT2D eigenvalue weighted by molar-refractivity contribution is 0.0337. The smallest absolute Gasteiger partial charge is 0.250 e. The van der Waals surface area contributed by atoms with E-state index in [1.165, 1.54) is 0 Å². The van der Waals surface area contributed by atoms with E-state index in [9.17, 15) is 13.9 Å². The summed E-state index contributed by atoms with van der Waals surface area (Å²) in [7, 11) is 0. The first kappa shape index (κ1) is 12.8. The maximum atomic E-state index is 11.7. The number of rotatable bonds is 6. The van der Waals surface area contributed by atoms with Crippen LogP contribution in [0.1, 0.15) is 27.2 Å². The first-order valence-corrected chi connectivity index (χ1v) is 4.55. The molecule has 0 aromatic heterocycles. The van der Waals surface area contributed by atoms with Crippen LogP contribution in [0.3, 0.4) is 0 Å². The van der Waals surface area contributed by atoms with E-state index < -0.39 is 12.0 Å². The van der Waals surface area contributed by atoms with E-state index in [-0.39, 0.29) is 13.1 Å². The predicted octanol–water partition coefficient (Wildman–Crippen LogP) is 1.64. The Labute approximate surface area is 78.3 Å². The molecule has 0 bridgehead atoms. The van der Waals surface area contributed by atoms with Crippen LogP contribution in [0, 0.1) is 5.92 Å². The van der Waals surface area contributed by atoms with E-state index in [4.69, 9.17) is 0 Å². The van der Waals surface area contributed by atoms with Crippen molar-refractivity contribution in [2.75, 3.05) is 13.1 Å². The van der Waals surface area contributed by atoms with Gasteiger partial charge in [0, 0.05) is 6.54 Å². The Kier molecular flexibility index (Phi) is 5.40. The molecule has 0 saturated carbocycles. The maximum absolute atomic E-state index is 11.7. The van der Waals surface area contributed by atoms with Crippen LogP contribution >= 0.6 is 0 Å². The fraction of sp³-hybridized carbons (Fsp3) is 1.00. The summed E-state index contributed by atoms with van der Waals surface area (Å²) in [5.41, 5.74) is -0.886. The topological polar surface area (TPSA) is 32.3 Å². The van der Waals surface area contributed by atoms with Crippen LogP contribution in [0.2, 0.25) is 0 Å². The lowest BCUT2D eigenvalue weighted by atomic mass is 9.94. The molecule has 0 saturated heterocycles. The largest absolute Gasteiger partial charge is 0.389 e. The van der Waals surface area contributed by atoms with Gasteiger partial charge in [-0.2, -0.15) is 0 Å². The lowest BCUT2D eigenvalue weighted by Gasteiger charge is -2.25. The summed E-state index contributed by atoms with van der Waals surface area (Å²) in [6, 6.07) is 0. The zero-order valence-electron chi connectivity index (χ0n) is 8.48. The second kappa shape index (κ2) is 5.50. The van der Waals surface area contributed by atoms with Crippen LogP contribution in [0.5, 0.6) is 0 Å². The number of nitrogens with one attached hydrogen (secondary N) is 1. The summed E-state index contributed by atoms with van der Waals surface area (Å²) in [6.07, 6.45) is -1.74. The van der Waals surface area contributed by atoms with Gasteiger partial charge in [0.25, 0.3) is 6.43 Å². The first-order valence-electron chi connectivity index (χ1n) is 4.55. The van der Waals surface area contributed by atoms with Crippen molar-refractivity contribution in [2.45, 2.75) is 39.2 Å². The molecule has 0 aromatic rings. The third-order valence-electron chi connectivity index (χ3n) is 1.65. The molecule has 0 amide bonds. The quantitative estimate of drug-likeness (QED) is 0.675. The van der Waals surface area contributed by atoms with Gasteiger partial charge in [-0.1, -0.05) is 13.8 Å². The number of aliphatic hydroxyl groups is 1. The second-order valence-electron chi connectivity index (χ2n) is 4.12. The van der Waals surface area contributed by atoms with Crippen molar-refractivity contribution in [3.8, 4) is 0 Å². The zero-order chi connectivity index (χ0) is 10.5. The Morgan fingerprint density at radius 3 is 2.31 bits per heavy atom. The van der Waals surface area contributed by atoms with Crippen molar-refractivity contribution in [3.05, 3.63) is 0 Å². The molecule has 0 heterocycles. The van der Waals surface area contributed by atoms with Gasteiger partial charge < -0.3 is 10.4 Å². The van der Waals surface area contributed by atoms with Crippen molar-refractivity contribution >= 4 is 0 Å². The van der Waals surface area contributed by atoms with Crippen LogP contribution < -0.4 is 5.32 Å². The van der Waals surface area contributed by atoms with Gasteiger partial charge in [0.05, 0.1) is 12.1 Å². The van der Waals surface area contributed by atoms with E-state index in [0.29, 0.717) is 12.3 Å². The molecule has 0 rings (SSSR count). The molecule has 0 aromatic carbocycles. The van der Waals surface area contributed by atoms with E-state index >= 15 is 0 Å². The van der Waals surface area contributed by atoms with Crippen molar-refractivity contribution in [3.63, 3.8) is 0 Å². The molecule has 13 heavy (non-hydrogen) atoms. The Morgan fingerprint density at radius 1 is 1.38 bits per heavy atom. The summed E-state index contributed by atoms with van der Waals surface area (Å²) in [5, 5.41) is 12.2. The number of hydrogen-bond donors (Lipinski definition) is 2. The molecule has 1 atom stereocenters. The van der Waals surface area contributed by atoms with Crippen LogP contribution in [0.25, 0.3) is 0 Å². The lowest BCUT2D eigenvalue weighted by Crippen LogP contribution is -2.40. The predicted molar refractivity (Wildman–Crippen MR) is 49.0 cm³/mol. The molecule has 0 aliphatic carbocycles. The highest BCUT2D eigenvalue weighted by Crippen LogP contribution is 2.14. The average molecular weight is 195 g/mol. The van der Waals surface area contributed by atoms with Crippen LogP contribution in [-0.4, -0.2) is 30.2 Å². The van der Waals surface area contributed by atoms with Gasteiger partial charge in [-0.05, 0) is 19.3 Å². The maximum Gasteiger partial charge on any atom is 0.250 e. The minimum absolute atomic E-state index is 0.218. The summed E-state index contributed by atoms with van der Waals surface area (Å²) < 4.78 is 23.5. The van der Waals surface area contributed by atoms with Gasteiger partial charge in [0.1, 0.15) is 0 Å². The Morgan fingerprint density at radius 2 is 1.92 bits per heavy atom. The van der Waals surface area contributed by atoms with Gasteiger partial charge >= 0.3 is 0 Å². The standard InChI is InChI=1S/C9H19F2NO/c1-7(2)4-9(3,13)6-12-5-8(10)11/h7-8,12-13H,4-6H2,1-3H3. The number of alkyl halides is 2. The molecule has 80 valence electrons. The minimum Gasteiger partial charge on any atom is -0.389 e. The molecule has 2 N–H and O–H groups in total. The average Bonchev–Trinajstić information content (AvgIpc) is 1.81. The molecule has 0 spiro atoms. The Balaban J connectivity index is 3.62. The highest BCUT2D eigenvalue weighted by atomic mass is 19.3. The third kappa shape index (κ3) is 8.12. The highest BCUT2D eigenvalue weighted by Gasteiger charge is 2.21. The summed E-state index contributed by atoms with van der Waals surface area (Å²) >= 11 is 0. The normalized spacial score (nSPS) is 16.6.